The van der Waals surface area contributed by atoms with E-state index >= 15 is 0 Å². The Balaban J connectivity index is 1.60. The molecule has 0 radical (unpaired) electrons. The molecule has 0 amide bonds. The number of hydrogen-bond acceptors (Lipinski definition) is 7. The Kier molecular flexibility index (Phi) is 5.24. The van der Waals surface area contributed by atoms with E-state index in [1.54, 1.807) is 18.3 Å². The summed E-state index contributed by atoms with van der Waals surface area (Å²) in [6, 6.07) is 5.51. The van der Waals surface area contributed by atoms with Crippen LogP contribution in [0.15, 0.2) is 30.7 Å². The first-order valence-corrected chi connectivity index (χ1v) is 9.48. The zero-order valence-electron chi connectivity index (χ0n) is 14.4. The predicted molar refractivity (Wildman–Crippen MR) is 107 cm³/mol. The molecule has 1 saturated carbocycles. The number of fused-ring (bicyclic) bond motifs is 1. The Morgan fingerprint density at radius 1 is 1.00 bits per heavy atom. The molecule has 1 aliphatic rings. The van der Waals surface area contributed by atoms with Gasteiger partial charge in [0.15, 0.2) is 5.82 Å². The minimum absolute atomic E-state index is 0.198. The number of nitrogens with one attached hydrogen (secondary N) is 2. The molecule has 0 saturated heterocycles. The topological polar surface area (TPSA) is 95.9 Å². The highest BCUT2D eigenvalue weighted by Gasteiger charge is 2.20. The van der Waals surface area contributed by atoms with Crippen molar-refractivity contribution in [3.63, 3.8) is 0 Å². The highest BCUT2D eigenvalue weighted by molar-refractivity contribution is 6.42. The lowest BCUT2D eigenvalue weighted by Crippen LogP contribution is -2.28. The number of aromatic nitrogens is 4. The fourth-order valence-electron chi connectivity index (χ4n) is 3.13. The van der Waals surface area contributed by atoms with Crippen LogP contribution >= 0.6 is 23.2 Å². The molecule has 4 rings (SSSR count). The van der Waals surface area contributed by atoms with Gasteiger partial charge in [0.1, 0.15) is 17.4 Å². The molecule has 2 aromatic heterocycles. The molecule has 3 N–H and O–H groups in total. The van der Waals surface area contributed by atoms with Gasteiger partial charge in [-0.3, -0.25) is 0 Å². The van der Waals surface area contributed by atoms with E-state index in [1.807, 2.05) is 6.07 Å². The second-order valence-electron chi connectivity index (χ2n) is 6.55. The Labute approximate surface area is 166 Å². The van der Waals surface area contributed by atoms with Gasteiger partial charge in [-0.15, -0.1) is 0 Å². The van der Waals surface area contributed by atoms with Crippen molar-refractivity contribution in [1.82, 2.24) is 19.9 Å². The molecule has 2 heterocycles. The van der Waals surface area contributed by atoms with Crippen LogP contribution in [0.1, 0.15) is 25.7 Å². The molecule has 0 aliphatic heterocycles. The van der Waals surface area contributed by atoms with Crippen LogP contribution in [0.5, 0.6) is 0 Å². The van der Waals surface area contributed by atoms with E-state index in [4.69, 9.17) is 23.2 Å². The zero-order valence-corrected chi connectivity index (χ0v) is 15.9. The van der Waals surface area contributed by atoms with Crippen LogP contribution in [0.3, 0.4) is 0 Å². The van der Waals surface area contributed by atoms with Crippen molar-refractivity contribution in [2.75, 3.05) is 10.6 Å². The molecule has 7 nitrogen and oxygen atoms in total. The van der Waals surface area contributed by atoms with Crippen molar-refractivity contribution in [3.8, 4) is 0 Å². The molecule has 0 bridgehead atoms. The number of aliphatic hydroxyl groups excluding tert-OH is 1. The number of aliphatic hydroxyl groups is 1. The van der Waals surface area contributed by atoms with Gasteiger partial charge in [-0.1, -0.05) is 23.2 Å². The van der Waals surface area contributed by atoms with Gasteiger partial charge in [0.2, 0.25) is 5.95 Å². The molecule has 0 spiro atoms. The number of halogens is 2. The van der Waals surface area contributed by atoms with Crippen LogP contribution < -0.4 is 10.6 Å². The Morgan fingerprint density at radius 2 is 1.81 bits per heavy atom. The lowest BCUT2D eigenvalue weighted by Gasteiger charge is -2.26. The molecule has 1 fully saturated rings. The van der Waals surface area contributed by atoms with E-state index in [0.717, 1.165) is 31.4 Å². The SMILES string of the molecule is OC1CCC(Nc2ncc3ncnc(Nc4ccc(Cl)c(Cl)c4)c3n2)CC1. The van der Waals surface area contributed by atoms with E-state index in [0.29, 0.717) is 32.8 Å². The number of hydrogen-bond donors (Lipinski definition) is 3. The van der Waals surface area contributed by atoms with E-state index in [9.17, 15) is 5.11 Å². The van der Waals surface area contributed by atoms with Gasteiger partial charge < -0.3 is 15.7 Å². The highest BCUT2D eigenvalue weighted by atomic mass is 35.5. The third kappa shape index (κ3) is 4.21. The van der Waals surface area contributed by atoms with Crippen LogP contribution in [-0.2, 0) is 0 Å². The zero-order chi connectivity index (χ0) is 18.8. The average Bonchev–Trinajstić information content (AvgIpc) is 2.67. The first-order valence-electron chi connectivity index (χ1n) is 8.73. The second kappa shape index (κ2) is 7.80. The van der Waals surface area contributed by atoms with Crippen LogP contribution in [0.2, 0.25) is 10.0 Å². The first kappa shape index (κ1) is 18.2. The molecule has 3 aromatic rings. The van der Waals surface area contributed by atoms with Gasteiger partial charge in [0.05, 0.1) is 22.3 Å². The van der Waals surface area contributed by atoms with Crippen molar-refractivity contribution in [2.45, 2.75) is 37.8 Å². The highest BCUT2D eigenvalue weighted by Crippen LogP contribution is 2.28. The quantitative estimate of drug-likeness (QED) is 0.599. The minimum Gasteiger partial charge on any atom is -0.393 e. The molecule has 0 unspecified atom stereocenters. The number of anilines is 3. The van der Waals surface area contributed by atoms with Crippen LogP contribution in [0.4, 0.5) is 17.5 Å². The molecule has 140 valence electrons. The molecule has 27 heavy (non-hydrogen) atoms. The lowest BCUT2D eigenvalue weighted by atomic mass is 9.93. The third-order valence-corrected chi connectivity index (χ3v) is 5.33. The Hall–Kier alpha value is -2.22. The molecular formula is C18H18Cl2N6O. The van der Waals surface area contributed by atoms with E-state index in [2.05, 4.69) is 30.6 Å². The summed E-state index contributed by atoms with van der Waals surface area (Å²) in [7, 11) is 0. The summed E-state index contributed by atoms with van der Waals surface area (Å²) in [5.41, 5.74) is 1.99. The average molecular weight is 405 g/mol. The predicted octanol–water partition coefficient (Wildman–Crippen LogP) is 4.19. The maximum atomic E-state index is 9.65. The van der Waals surface area contributed by atoms with Gasteiger partial charge in [-0.2, -0.15) is 0 Å². The summed E-state index contributed by atoms with van der Waals surface area (Å²) in [4.78, 5) is 17.5. The molecule has 1 aromatic carbocycles. The second-order valence-corrected chi connectivity index (χ2v) is 7.37. The smallest absolute Gasteiger partial charge is 0.223 e. The summed E-state index contributed by atoms with van der Waals surface area (Å²) in [6.07, 6.45) is 6.29. The number of rotatable bonds is 4. The Bertz CT molecular complexity index is 962. The molecule has 0 atom stereocenters. The summed E-state index contributed by atoms with van der Waals surface area (Å²) in [5.74, 6) is 1.08. The molecule has 9 heteroatoms. The van der Waals surface area contributed by atoms with Crippen molar-refractivity contribution in [3.05, 3.63) is 40.8 Å². The van der Waals surface area contributed by atoms with Crippen molar-refractivity contribution in [1.29, 1.82) is 0 Å². The maximum absolute atomic E-state index is 9.65. The van der Waals surface area contributed by atoms with E-state index < -0.39 is 0 Å². The standard InChI is InChI=1S/C18H18Cl2N6O/c19-13-6-3-11(7-14(13)20)24-17-16-15(22-9-23-17)8-21-18(26-16)25-10-1-4-12(27)5-2-10/h3,6-10,12,27H,1-2,4-5H2,(H,21,25,26)(H,22,23,24). The van der Waals surface area contributed by atoms with Gasteiger partial charge in [-0.25, -0.2) is 19.9 Å². The van der Waals surface area contributed by atoms with Crippen molar-refractivity contribution < 1.29 is 5.11 Å². The summed E-state index contributed by atoms with van der Waals surface area (Å²) >= 11 is 12.1. The minimum atomic E-state index is -0.198. The molecular weight excluding hydrogens is 387 g/mol. The van der Waals surface area contributed by atoms with Gasteiger partial charge in [0, 0.05) is 11.7 Å². The van der Waals surface area contributed by atoms with E-state index in [1.165, 1.54) is 6.33 Å². The monoisotopic (exact) mass is 404 g/mol. The van der Waals surface area contributed by atoms with Gasteiger partial charge in [0.25, 0.3) is 0 Å². The van der Waals surface area contributed by atoms with Gasteiger partial charge in [-0.05, 0) is 43.9 Å². The van der Waals surface area contributed by atoms with Crippen molar-refractivity contribution >= 4 is 51.7 Å². The first-order chi connectivity index (χ1) is 13.1. The van der Waals surface area contributed by atoms with Crippen LogP contribution in [-0.4, -0.2) is 37.2 Å². The molecule has 1 aliphatic carbocycles. The summed E-state index contributed by atoms with van der Waals surface area (Å²) < 4.78 is 0. The third-order valence-electron chi connectivity index (χ3n) is 4.59. The van der Waals surface area contributed by atoms with Crippen LogP contribution in [0.25, 0.3) is 11.0 Å². The summed E-state index contributed by atoms with van der Waals surface area (Å²) in [6.45, 7) is 0. The van der Waals surface area contributed by atoms with Crippen molar-refractivity contribution in [2.24, 2.45) is 0 Å². The normalized spacial score (nSPS) is 19.8. The van der Waals surface area contributed by atoms with Gasteiger partial charge >= 0.3 is 0 Å². The number of benzene rings is 1. The maximum Gasteiger partial charge on any atom is 0.223 e. The van der Waals surface area contributed by atoms with Crippen LogP contribution in [0, 0.1) is 0 Å². The fourth-order valence-corrected chi connectivity index (χ4v) is 3.43. The van der Waals surface area contributed by atoms with E-state index in [-0.39, 0.29) is 12.1 Å². The summed E-state index contributed by atoms with van der Waals surface area (Å²) in [5, 5.41) is 17.1. The fraction of sp³-hybridized carbons (Fsp3) is 0.333. The number of nitrogens with zero attached hydrogens (tertiary/aromatic N) is 4. The lowest BCUT2D eigenvalue weighted by molar-refractivity contribution is 0.126. The Morgan fingerprint density at radius 3 is 2.59 bits per heavy atom. The largest absolute Gasteiger partial charge is 0.393 e.